The molecule has 2 aromatic carbocycles. The second kappa shape index (κ2) is 15.9. The van der Waals surface area contributed by atoms with E-state index >= 15 is 0 Å². The quantitative estimate of drug-likeness (QED) is 0.190. The van der Waals surface area contributed by atoms with Crippen LogP contribution in [-0.4, -0.2) is 57.8 Å². The third kappa shape index (κ3) is 11.2. The Balaban J connectivity index is 0.00000102. The van der Waals surface area contributed by atoms with Crippen LogP contribution in [0.15, 0.2) is 77.0 Å². The van der Waals surface area contributed by atoms with Gasteiger partial charge in [0.2, 0.25) is 0 Å². The fraction of sp³-hybridized carbons (Fsp3) is 0.474. The summed E-state index contributed by atoms with van der Waals surface area (Å²) in [6.07, 6.45) is 6.06. The molecule has 4 rings (SSSR count). The average Bonchev–Trinajstić information content (AvgIpc) is 2.98. The first-order valence-corrected chi connectivity index (χ1v) is 16.0. The predicted molar refractivity (Wildman–Crippen MR) is 185 cm³/mol. The van der Waals surface area contributed by atoms with Gasteiger partial charge in [-0.05, 0) is 97.5 Å². The Morgan fingerprint density at radius 2 is 1.53 bits per heavy atom. The Morgan fingerprint density at radius 1 is 0.956 bits per heavy atom. The first-order valence-electron chi connectivity index (χ1n) is 16.0. The van der Waals surface area contributed by atoms with Crippen molar-refractivity contribution in [2.24, 2.45) is 26.7 Å². The molecule has 0 aliphatic carbocycles. The SMILES string of the molecule is CC(C)(C)C.CN=C(N=C(C)c1ccc(CC(C)C)c(O)c1)c1ccc(CN2CCC(Cc3ccncc3)(C(=O)O)CC2)cc1. The van der Waals surface area contributed by atoms with Crippen molar-refractivity contribution in [3.63, 3.8) is 0 Å². The molecule has 1 aliphatic rings. The molecule has 1 saturated heterocycles. The molecule has 1 aliphatic heterocycles. The maximum atomic E-state index is 12.2. The Hall–Kier alpha value is -3.84. The highest BCUT2D eigenvalue weighted by molar-refractivity contribution is 6.11. The standard InChI is InChI=1S/C33H40N4O3.C5H12/c1-23(2)19-29-10-9-28(20-30(29)38)24(3)36-31(34-4)27-7-5-26(6-8-27)22-37-17-13-33(14-18-37,32(39)40)21-25-11-15-35-16-12-25;1-5(2,3)4/h5-12,15-16,20,23,38H,13-14,17-19,21-22H2,1-4H3,(H,39,40);1-4H3. The number of carboxylic acids is 1. The summed E-state index contributed by atoms with van der Waals surface area (Å²) in [5.41, 5.74) is 5.49. The van der Waals surface area contributed by atoms with Crippen molar-refractivity contribution in [3.8, 4) is 5.75 Å². The second-order valence-corrected chi connectivity index (χ2v) is 14.3. The van der Waals surface area contributed by atoms with E-state index in [0.29, 0.717) is 42.2 Å². The largest absolute Gasteiger partial charge is 0.508 e. The van der Waals surface area contributed by atoms with Crippen LogP contribution in [0.1, 0.15) is 89.1 Å². The minimum absolute atomic E-state index is 0.302. The van der Waals surface area contributed by atoms with Crippen LogP contribution in [0.25, 0.3) is 0 Å². The number of phenols is 1. The molecule has 1 fully saturated rings. The minimum Gasteiger partial charge on any atom is -0.508 e. The van der Waals surface area contributed by atoms with Crippen molar-refractivity contribution < 1.29 is 15.0 Å². The highest BCUT2D eigenvalue weighted by Crippen LogP contribution is 2.36. The maximum absolute atomic E-state index is 12.2. The van der Waals surface area contributed by atoms with Crippen molar-refractivity contribution in [1.29, 1.82) is 0 Å². The number of piperidine rings is 1. The molecule has 1 aromatic heterocycles. The highest BCUT2D eigenvalue weighted by atomic mass is 16.4. The van der Waals surface area contributed by atoms with Crippen molar-refractivity contribution in [3.05, 3.63) is 94.8 Å². The van der Waals surface area contributed by atoms with Gasteiger partial charge < -0.3 is 10.2 Å². The first-order chi connectivity index (χ1) is 21.2. The second-order valence-electron chi connectivity index (χ2n) is 14.3. The molecular formula is C38H52N4O3. The van der Waals surface area contributed by atoms with Gasteiger partial charge in [0.25, 0.3) is 0 Å². The summed E-state index contributed by atoms with van der Waals surface area (Å²) in [5, 5.41) is 20.5. The third-order valence-electron chi connectivity index (χ3n) is 7.79. The highest BCUT2D eigenvalue weighted by Gasteiger charge is 2.41. The molecule has 7 nitrogen and oxygen atoms in total. The zero-order chi connectivity index (χ0) is 33.2. The fourth-order valence-electron chi connectivity index (χ4n) is 5.38. The molecule has 0 amide bonds. The topological polar surface area (TPSA) is 98.4 Å². The lowest BCUT2D eigenvalue weighted by Gasteiger charge is -2.39. The number of likely N-dealkylation sites (tertiary alicyclic amines) is 1. The van der Waals surface area contributed by atoms with E-state index in [4.69, 9.17) is 4.99 Å². The lowest BCUT2D eigenvalue weighted by atomic mass is 9.74. The number of carbonyl (C=O) groups is 1. The fourth-order valence-corrected chi connectivity index (χ4v) is 5.38. The molecule has 2 N–H and O–H groups in total. The molecule has 0 spiro atoms. The van der Waals surface area contributed by atoms with E-state index in [1.165, 1.54) is 5.56 Å². The van der Waals surface area contributed by atoms with E-state index in [2.05, 4.69) is 68.6 Å². The van der Waals surface area contributed by atoms with Crippen molar-refractivity contribution in [1.82, 2.24) is 9.88 Å². The Labute approximate surface area is 270 Å². The number of pyridine rings is 1. The lowest BCUT2D eigenvalue weighted by Crippen LogP contribution is -2.45. The van der Waals surface area contributed by atoms with E-state index in [9.17, 15) is 15.0 Å². The van der Waals surface area contributed by atoms with Crippen LogP contribution in [0.5, 0.6) is 5.75 Å². The first kappa shape index (κ1) is 35.6. The van der Waals surface area contributed by atoms with Gasteiger partial charge in [-0.15, -0.1) is 0 Å². The number of aromatic nitrogens is 1. The van der Waals surface area contributed by atoms with Crippen LogP contribution in [0.2, 0.25) is 0 Å². The van der Waals surface area contributed by atoms with Gasteiger partial charge >= 0.3 is 5.97 Å². The van der Waals surface area contributed by atoms with Gasteiger partial charge in [-0.2, -0.15) is 0 Å². The molecule has 0 bridgehead atoms. The normalized spacial score (nSPS) is 15.8. The van der Waals surface area contributed by atoms with Gasteiger partial charge in [0.1, 0.15) is 5.75 Å². The van der Waals surface area contributed by atoms with Crippen LogP contribution < -0.4 is 0 Å². The lowest BCUT2D eigenvalue weighted by molar-refractivity contribution is -0.152. The van der Waals surface area contributed by atoms with Gasteiger partial charge in [-0.25, -0.2) is 4.99 Å². The molecule has 0 radical (unpaired) electrons. The van der Waals surface area contributed by atoms with Gasteiger partial charge in [0.15, 0.2) is 5.84 Å². The van der Waals surface area contributed by atoms with E-state index in [1.807, 2.05) is 43.3 Å². The number of rotatable bonds is 9. The van der Waals surface area contributed by atoms with Crippen LogP contribution in [-0.2, 0) is 24.2 Å². The summed E-state index contributed by atoms with van der Waals surface area (Å²) in [6.45, 7) is 17.2. The number of aliphatic carboxylic acids is 1. The van der Waals surface area contributed by atoms with E-state index < -0.39 is 11.4 Å². The zero-order valence-electron chi connectivity index (χ0n) is 28.5. The van der Waals surface area contributed by atoms with Crippen LogP contribution in [0.3, 0.4) is 0 Å². The molecular weight excluding hydrogens is 560 g/mol. The molecule has 3 aromatic rings. The number of hydrogen-bond donors (Lipinski definition) is 2. The van der Waals surface area contributed by atoms with E-state index in [-0.39, 0.29) is 0 Å². The molecule has 0 atom stereocenters. The van der Waals surface area contributed by atoms with E-state index in [0.717, 1.165) is 54.0 Å². The van der Waals surface area contributed by atoms with E-state index in [1.54, 1.807) is 25.5 Å². The number of nitrogens with zero attached hydrogens (tertiary/aromatic N) is 4. The van der Waals surface area contributed by atoms with Crippen LogP contribution in [0.4, 0.5) is 0 Å². The summed E-state index contributed by atoms with van der Waals surface area (Å²) in [5.74, 6) is 0.697. The summed E-state index contributed by atoms with van der Waals surface area (Å²) in [4.78, 5) is 27.8. The number of amidine groups is 1. The number of carboxylic acid groups (broad SMARTS) is 1. The molecule has 0 unspecified atom stereocenters. The smallest absolute Gasteiger partial charge is 0.310 e. The molecule has 7 heteroatoms. The number of phenolic OH excluding ortho intramolecular Hbond substituents is 1. The predicted octanol–water partition coefficient (Wildman–Crippen LogP) is 7.83. The van der Waals surface area contributed by atoms with Crippen molar-refractivity contribution in [2.45, 2.75) is 80.7 Å². The van der Waals surface area contributed by atoms with Gasteiger partial charge in [0.05, 0.1) is 5.41 Å². The van der Waals surface area contributed by atoms with Crippen LogP contribution in [0, 0.1) is 16.7 Å². The summed E-state index contributed by atoms with van der Waals surface area (Å²) in [6, 6.07) is 17.8. The molecule has 242 valence electrons. The summed E-state index contributed by atoms with van der Waals surface area (Å²) in [7, 11) is 1.73. The Morgan fingerprint density at radius 3 is 2.04 bits per heavy atom. The third-order valence-corrected chi connectivity index (χ3v) is 7.79. The van der Waals surface area contributed by atoms with Gasteiger partial charge in [-0.1, -0.05) is 77.9 Å². The molecule has 0 saturated carbocycles. The number of aliphatic imine (C=N–C) groups is 2. The number of hydrogen-bond acceptors (Lipinski definition) is 5. The monoisotopic (exact) mass is 612 g/mol. The average molecular weight is 613 g/mol. The minimum atomic E-state index is -0.727. The van der Waals surface area contributed by atoms with Crippen LogP contribution >= 0.6 is 0 Å². The molecule has 2 heterocycles. The maximum Gasteiger partial charge on any atom is 0.310 e. The number of benzene rings is 2. The summed E-state index contributed by atoms with van der Waals surface area (Å²) >= 11 is 0. The van der Waals surface area contributed by atoms with Crippen molar-refractivity contribution >= 4 is 17.5 Å². The zero-order valence-corrected chi connectivity index (χ0v) is 28.5. The molecule has 45 heavy (non-hydrogen) atoms. The Kier molecular flexibility index (Phi) is 12.6. The van der Waals surface area contributed by atoms with Crippen molar-refractivity contribution in [2.75, 3.05) is 20.1 Å². The van der Waals surface area contributed by atoms with Gasteiger partial charge in [0, 0.05) is 37.3 Å². The summed E-state index contributed by atoms with van der Waals surface area (Å²) < 4.78 is 0. The van der Waals surface area contributed by atoms with Gasteiger partial charge in [-0.3, -0.25) is 19.7 Å². The number of aromatic hydroxyl groups is 1. The Bertz CT molecular complexity index is 1440.